The predicted molar refractivity (Wildman–Crippen MR) is 137 cm³/mol. The number of hydrogen-bond acceptors (Lipinski definition) is 4. The molecule has 29 heavy (non-hydrogen) atoms. The minimum atomic E-state index is 0. The number of rotatable bonds is 7. The van der Waals surface area contributed by atoms with Crippen molar-refractivity contribution in [2.75, 3.05) is 46.3 Å². The van der Waals surface area contributed by atoms with Gasteiger partial charge >= 0.3 is 0 Å². The van der Waals surface area contributed by atoms with Gasteiger partial charge in [-0.2, -0.15) is 0 Å². The van der Waals surface area contributed by atoms with E-state index in [9.17, 15) is 0 Å². The third-order valence-electron chi connectivity index (χ3n) is 6.35. The predicted octanol–water partition coefficient (Wildman–Crippen LogP) is 4.01. The van der Waals surface area contributed by atoms with E-state index in [1.165, 1.54) is 63.2 Å². The van der Waals surface area contributed by atoms with Crippen molar-refractivity contribution >= 4 is 41.3 Å². The number of likely N-dealkylation sites (tertiary alicyclic amines) is 2. The summed E-state index contributed by atoms with van der Waals surface area (Å²) in [5, 5.41) is 9.33. The Morgan fingerprint density at radius 3 is 2.48 bits per heavy atom. The maximum absolute atomic E-state index is 4.45. The van der Waals surface area contributed by atoms with Crippen LogP contribution >= 0.6 is 35.3 Å². The van der Waals surface area contributed by atoms with Gasteiger partial charge in [-0.25, -0.2) is 0 Å². The van der Waals surface area contributed by atoms with Gasteiger partial charge in [-0.05, 0) is 83.1 Å². The monoisotopic (exact) mass is 533 g/mol. The van der Waals surface area contributed by atoms with Crippen LogP contribution in [0.4, 0.5) is 0 Å². The average molecular weight is 534 g/mol. The topological polar surface area (TPSA) is 42.9 Å². The number of nitrogens with one attached hydrogen (secondary N) is 2. The van der Waals surface area contributed by atoms with Crippen molar-refractivity contribution in [1.29, 1.82) is 0 Å². The Labute approximate surface area is 198 Å². The van der Waals surface area contributed by atoms with Gasteiger partial charge in [0.1, 0.15) is 0 Å². The Kier molecular flexibility index (Phi) is 10.7. The van der Waals surface area contributed by atoms with Crippen LogP contribution in [0.5, 0.6) is 0 Å². The highest BCUT2D eigenvalue weighted by atomic mass is 127. The molecule has 2 aliphatic rings. The van der Waals surface area contributed by atoms with Crippen molar-refractivity contribution in [2.24, 2.45) is 10.9 Å². The van der Waals surface area contributed by atoms with Gasteiger partial charge in [-0.15, -0.1) is 35.3 Å². The summed E-state index contributed by atoms with van der Waals surface area (Å²) in [5.74, 6) is 1.69. The van der Waals surface area contributed by atoms with E-state index in [0.29, 0.717) is 0 Å². The first-order chi connectivity index (χ1) is 13.6. The Morgan fingerprint density at radius 2 is 1.86 bits per heavy atom. The van der Waals surface area contributed by atoms with Crippen LogP contribution in [0.2, 0.25) is 0 Å². The zero-order valence-corrected chi connectivity index (χ0v) is 21.6. The molecule has 0 bridgehead atoms. The van der Waals surface area contributed by atoms with Crippen molar-refractivity contribution in [3.63, 3.8) is 0 Å². The smallest absolute Gasteiger partial charge is 0.191 e. The maximum Gasteiger partial charge on any atom is 0.191 e. The molecular weight excluding hydrogens is 493 g/mol. The molecule has 1 aromatic rings. The lowest BCUT2D eigenvalue weighted by atomic mass is 9.97. The van der Waals surface area contributed by atoms with Crippen molar-refractivity contribution < 1.29 is 0 Å². The first-order valence-corrected chi connectivity index (χ1v) is 11.9. The van der Waals surface area contributed by atoms with E-state index in [0.717, 1.165) is 31.5 Å². The molecule has 0 radical (unpaired) electrons. The van der Waals surface area contributed by atoms with Gasteiger partial charge < -0.3 is 10.6 Å². The molecule has 2 N–H and O–H groups in total. The summed E-state index contributed by atoms with van der Waals surface area (Å²) < 4.78 is 0. The van der Waals surface area contributed by atoms with Crippen molar-refractivity contribution in [2.45, 2.75) is 58.0 Å². The number of halogens is 1. The summed E-state index contributed by atoms with van der Waals surface area (Å²) in [7, 11) is 1.88. The van der Waals surface area contributed by atoms with Gasteiger partial charge in [0.2, 0.25) is 0 Å². The van der Waals surface area contributed by atoms with E-state index in [1.807, 2.05) is 18.4 Å². The minimum absolute atomic E-state index is 0. The lowest BCUT2D eigenvalue weighted by molar-refractivity contribution is 0.0982. The summed E-state index contributed by atoms with van der Waals surface area (Å²) in [5.41, 5.74) is 0.172. The highest BCUT2D eigenvalue weighted by molar-refractivity contribution is 14.0. The number of hydrogen-bond donors (Lipinski definition) is 2. The fourth-order valence-electron chi connectivity index (χ4n) is 4.34. The van der Waals surface area contributed by atoms with E-state index < -0.39 is 0 Å². The summed E-state index contributed by atoms with van der Waals surface area (Å²) >= 11 is 1.87. The molecule has 7 heteroatoms. The fraction of sp³-hybridized carbons (Fsp3) is 0.773. The van der Waals surface area contributed by atoms with Crippen LogP contribution in [-0.4, -0.2) is 67.6 Å². The van der Waals surface area contributed by atoms with Gasteiger partial charge in [0.05, 0.1) is 0 Å². The highest BCUT2D eigenvalue weighted by Crippen LogP contribution is 2.21. The molecule has 0 saturated carbocycles. The molecule has 5 nitrogen and oxygen atoms in total. The van der Waals surface area contributed by atoms with Crippen LogP contribution in [0.3, 0.4) is 0 Å². The van der Waals surface area contributed by atoms with Gasteiger partial charge in [0.25, 0.3) is 0 Å². The van der Waals surface area contributed by atoms with E-state index in [1.54, 1.807) is 0 Å². The molecule has 166 valence electrons. The molecule has 3 rings (SSSR count). The van der Waals surface area contributed by atoms with Crippen molar-refractivity contribution in [3.05, 3.63) is 22.4 Å². The highest BCUT2D eigenvalue weighted by Gasteiger charge is 2.28. The molecule has 0 aromatic carbocycles. The number of piperidine rings is 2. The van der Waals surface area contributed by atoms with Gasteiger partial charge in [-0.1, -0.05) is 12.5 Å². The molecule has 0 atom stereocenters. The largest absolute Gasteiger partial charge is 0.356 e. The van der Waals surface area contributed by atoms with Gasteiger partial charge in [0.15, 0.2) is 5.96 Å². The van der Waals surface area contributed by atoms with Crippen LogP contribution in [0.1, 0.15) is 50.8 Å². The molecule has 0 aliphatic carbocycles. The van der Waals surface area contributed by atoms with Crippen molar-refractivity contribution in [3.8, 4) is 0 Å². The average Bonchev–Trinajstić information content (AvgIpc) is 3.23. The van der Waals surface area contributed by atoms with Gasteiger partial charge in [-0.3, -0.25) is 14.8 Å². The van der Waals surface area contributed by atoms with Crippen LogP contribution in [0.15, 0.2) is 22.5 Å². The van der Waals surface area contributed by atoms with Gasteiger partial charge in [0, 0.05) is 37.1 Å². The third kappa shape index (κ3) is 7.99. The van der Waals surface area contributed by atoms with Crippen LogP contribution in [-0.2, 0) is 6.54 Å². The second-order valence-corrected chi connectivity index (χ2v) is 10.00. The zero-order chi connectivity index (χ0) is 19.8. The first kappa shape index (κ1) is 24.9. The fourth-order valence-corrected chi connectivity index (χ4v) is 5.09. The van der Waals surface area contributed by atoms with E-state index in [4.69, 9.17) is 0 Å². The number of guanidine groups is 1. The molecule has 3 heterocycles. The lowest BCUT2D eigenvalue weighted by Crippen LogP contribution is -2.55. The van der Waals surface area contributed by atoms with E-state index in [2.05, 4.69) is 56.8 Å². The van der Waals surface area contributed by atoms with Crippen LogP contribution < -0.4 is 10.6 Å². The molecule has 2 fully saturated rings. The second kappa shape index (κ2) is 12.5. The summed E-state index contributed by atoms with van der Waals surface area (Å²) in [6.07, 6.45) is 6.60. The van der Waals surface area contributed by atoms with Crippen LogP contribution in [0, 0.1) is 5.92 Å². The van der Waals surface area contributed by atoms with E-state index >= 15 is 0 Å². The van der Waals surface area contributed by atoms with Crippen molar-refractivity contribution in [1.82, 2.24) is 20.4 Å². The summed E-state index contributed by atoms with van der Waals surface area (Å²) in [4.78, 5) is 11.2. The Hall–Kier alpha value is -0.380. The summed E-state index contributed by atoms with van der Waals surface area (Å²) in [6.45, 7) is 12.6. The second-order valence-electron chi connectivity index (χ2n) is 8.97. The SMILES string of the molecule is CN=C(NCC1CCN(Cc2cccs2)CC1)NCC(C)(C)N1CCCCC1.I. The number of thiophene rings is 1. The number of nitrogens with zero attached hydrogens (tertiary/aromatic N) is 3. The molecule has 0 unspecified atom stereocenters. The lowest BCUT2D eigenvalue weighted by Gasteiger charge is -2.41. The molecule has 1 aromatic heterocycles. The number of aliphatic imine (C=N–C) groups is 1. The zero-order valence-electron chi connectivity index (χ0n) is 18.5. The molecule has 0 amide bonds. The Balaban J connectivity index is 0.00000300. The van der Waals surface area contributed by atoms with Crippen LogP contribution in [0.25, 0.3) is 0 Å². The Bertz CT molecular complexity index is 590. The van der Waals surface area contributed by atoms with E-state index in [-0.39, 0.29) is 29.5 Å². The third-order valence-corrected chi connectivity index (χ3v) is 7.21. The standard InChI is InChI=1S/C22H39N5S.HI/c1-22(2,27-11-5-4-6-12-27)18-25-21(23-3)24-16-19-9-13-26(14-10-19)17-20-8-7-15-28-20;/h7-8,15,19H,4-6,9-14,16-18H2,1-3H3,(H2,23,24,25);1H. The molecule has 2 saturated heterocycles. The molecular formula is C22H40IN5S. The Morgan fingerprint density at radius 1 is 1.14 bits per heavy atom. The maximum atomic E-state index is 4.45. The summed E-state index contributed by atoms with van der Waals surface area (Å²) in [6, 6.07) is 4.40. The molecule has 2 aliphatic heterocycles. The minimum Gasteiger partial charge on any atom is -0.356 e. The molecule has 0 spiro atoms. The quantitative estimate of drug-likeness (QED) is 0.316. The normalized spacial score (nSPS) is 20.3. The first-order valence-electron chi connectivity index (χ1n) is 11.0.